The van der Waals surface area contributed by atoms with Crippen molar-refractivity contribution in [2.45, 2.75) is 13.8 Å². The van der Waals surface area contributed by atoms with Crippen LogP contribution in [-0.4, -0.2) is 22.4 Å². The van der Waals surface area contributed by atoms with Crippen LogP contribution < -0.4 is 5.32 Å². The molecule has 3 rings (SSSR count). The molecule has 0 spiro atoms. The molecule has 0 bridgehead atoms. The van der Waals surface area contributed by atoms with Crippen molar-refractivity contribution in [1.29, 1.82) is 0 Å². The van der Waals surface area contributed by atoms with Crippen LogP contribution in [0.3, 0.4) is 0 Å². The van der Waals surface area contributed by atoms with Gasteiger partial charge in [-0.1, -0.05) is 65.7 Å². The molecule has 0 atom stereocenters. The highest BCUT2D eigenvalue weighted by Crippen LogP contribution is 2.29. The monoisotopic (exact) mass is 411 g/mol. The summed E-state index contributed by atoms with van der Waals surface area (Å²) in [5.74, 6) is 0.324. The molecule has 2 aromatic carbocycles. The van der Waals surface area contributed by atoms with Gasteiger partial charge in [0.05, 0.1) is 17.0 Å². The zero-order valence-electron chi connectivity index (χ0n) is 15.5. The van der Waals surface area contributed by atoms with E-state index in [-0.39, 0.29) is 5.91 Å². The number of carbonyl (C=O) groups excluding carboxylic acids is 1. The number of rotatable bonds is 5. The van der Waals surface area contributed by atoms with Gasteiger partial charge in [-0.3, -0.25) is 4.79 Å². The normalized spacial score (nSPS) is 11.0. The van der Waals surface area contributed by atoms with Gasteiger partial charge in [0.25, 0.3) is 5.91 Å². The fourth-order valence-electron chi connectivity index (χ4n) is 2.88. The average molecular weight is 412 g/mol. The summed E-state index contributed by atoms with van der Waals surface area (Å²) in [6.45, 7) is 3.96. The van der Waals surface area contributed by atoms with Gasteiger partial charge in [-0.05, 0) is 37.6 Å². The minimum absolute atomic E-state index is 0.249. The first kappa shape index (κ1) is 20.1. The second kappa shape index (κ2) is 9.00. The Morgan fingerprint density at radius 2 is 1.71 bits per heavy atom. The van der Waals surface area contributed by atoms with E-state index < -0.39 is 0 Å². The van der Waals surface area contributed by atoms with Crippen LogP contribution in [-0.2, 0) is 0 Å². The van der Waals surface area contributed by atoms with Gasteiger partial charge in [-0.2, -0.15) is 0 Å². The quantitative estimate of drug-likeness (QED) is 0.601. The Hall–Kier alpha value is -2.69. The van der Waals surface area contributed by atoms with E-state index in [0.29, 0.717) is 44.9 Å². The second-order valence-corrected chi connectivity index (χ2v) is 7.13. The Bertz CT molecular complexity index is 1010. The summed E-state index contributed by atoms with van der Waals surface area (Å²) in [6, 6.07) is 15.0. The molecular formula is C22H19Cl2N3O. The number of hydrogen-bond acceptors (Lipinski definition) is 3. The van der Waals surface area contributed by atoms with Crippen LogP contribution >= 0.6 is 23.2 Å². The van der Waals surface area contributed by atoms with Gasteiger partial charge >= 0.3 is 0 Å². The predicted molar refractivity (Wildman–Crippen MR) is 115 cm³/mol. The maximum Gasteiger partial charge on any atom is 0.255 e. The van der Waals surface area contributed by atoms with Crippen molar-refractivity contribution in [3.63, 3.8) is 0 Å². The Kier molecular flexibility index (Phi) is 6.45. The zero-order chi connectivity index (χ0) is 20.1. The van der Waals surface area contributed by atoms with E-state index in [9.17, 15) is 4.79 Å². The van der Waals surface area contributed by atoms with Gasteiger partial charge in [0.2, 0.25) is 0 Å². The Labute approximate surface area is 174 Å². The lowest BCUT2D eigenvalue weighted by molar-refractivity contribution is 0.0957. The first-order valence-electron chi connectivity index (χ1n) is 8.75. The standard InChI is InChI=1S/C22H19Cl2N3O/c1-14-20(22(28)25-10-6-9-16-7-4-3-5-8-16)21(27-15(2)26-14)17-11-18(23)13-19(24)12-17/h3-9,11-13H,10H2,1-2H3,(H,25,28)/b9-6+. The van der Waals surface area contributed by atoms with E-state index in [1.807, 2.05) is 42.5 Å². The van der Waals surface area contributed by atoms with Crippen molar-refractivity contribution in [2.24, 2.45) is 0 Å². The number of halogens is 2. The van der Waals surface area contributed by atoms with Gasteiger partial charge in [0.15, 0.2) is 0 Å². The van der Waals surface area contributed by atoms with Gasteiger partial charge < -0.3 is 5.32 Å². The molecule has 0 aliphatic carbocycles. The highest BCUT2D eigenvalue weighted by atomic mass is 35.5. The van der Waals surface area contributed by atoms with E-state index in [4.69, 9.17) is 23.2 Å². The number of amides is 1. The Morgan fingerprint density at radius 1 is 1.04 bits per heavy atom. The highest BCUT2D eigenvalue weighted by Gasteiger charge is 2.19. The highest BCUT2D eigenvalue weighted by molar-refractivity contribution is 6.35. The van der Waals surface area contributed by atoms with Gasteiger partial charge in [0, 0.05) is 22.2 Å². The third-order valence-electron chi connectivity index (χ3n) is 4.06. The van der Waals surface area contributed by atoms with E-state index in [0.717, 1.165) is 5.56 Å². The fraction of sp³-hybridized carbons (Fsp3) is 0.136. The van der Waals surface area contributed by atoms with Crippen molar-refractivity contribution < 1.29 is 4.79 Å². The Morgan fingerprint density at radius 3 is 2.39 bits per heavy atom. The van der Waals surface area contributed by atoms with Crippen LogP contribution in [0.5, 0.6) is 0 Å². The molecule has 1 N–H and O–H groups in total. The molecule has 3 aromatic rings. The lowest BCUT2D eigenvalue weighted by atomic mass is 10.0. The molecular weight excluding hydrogens is 393 g/mol. The number of benzene rings is 2. The van der Waals surface area contributed by atoms with E-state index >= 15 is 0 Å². The lowest BCUT2D eigenvalue weighted by Crippen LogP contribution is -2.26. The molecule has 0 radical (unpaired) electrons. The van der Waals surface area contributed by atoms with Crippen molar-refractivity contribution in [2.75, 3.05) is 6.54 Å². The molecule has 4 nitrogen and oxygen atoms in total. The summed E-state index contributed by atoms with van der Waals surface area (Å²) in [5, 5.41) is 3.86. The van der Waals surface area contributed by atoms with Crippen molar-refractivity contribution >= 4 is 35.2 Å². The summed E-state index contributed by atoms with van der Waals surface area (Å²) in [7, 11) is 0. The van der Waals surface area contributed by atoms with Gasteiger partial charge in [-0.25, -0.2) is 9.97 Å². The van der Waals surface area contributed by atoms with E-state index in [2.05, 4.69) is 15.3 Å². The third kappa shape index (κ3) is 4.97. The molecule has 142 valence electrons. The lowest BCUT2D eigenvalue weighted by Gasteiger charge is -2.13. The molecule has 1 heterocycles. The molecule has 0 aliphatic rings. The molecule has 6 heteroatoms. The summed E-state index contributed by atoms with van der Waals surface area (Å²) in [5.41, 5.74) is 3.27. The van der Waals surface area contributed by atoms with Crippen molar-refractivity contribution in [3.8, 4) is 11.3 Å². The first-order chi connectivity index (χ1) is 13.4. The molecule has 0 saturated heterocycles. The van der Waals surface area contributed by atoms with Crippen LogP contribution in [0.15, 0.2) is 54.6 Å². The summed E-state index contributed by atoms with van der Waals surface area (Å²) in [6.07, 6.45) is 3.85. The van der Waals surface area contributed by atoms with Crippen LogP contribution in [0, 0.1) is 13.8 Å². The molecule has 28 heavy (non-hydrogen) atoms. The minimum atomic E-state index is -0.249. The van der Waals surface area contributed by atoms with Crippen LogP contribution in [0.2, 0.25) is 10.0 Å². The zero-order valence-corrected chi connectivity index (χ0v) is 17.1. The van der Waals surface area contributed by atoms with Crippen LogP contribution in [0.4, 0.5) is 0 Å². The maximum absolute atomic E-state index is 12.9. The number of hydrogen-bond donors (Lipinski definition) is 1. The molecule has 0 aliphatic heterocycles. The summed E-state index contributed by atoms with van der Waals surface area (Å²) < 4.78 is 0. The number of aryl methyl sites for hydroxylation is 2. The molecule has 0 fully saturated rings. The third-order valence-corrected chi connectivity index (χ3v) is 4.49. The minimum Gasteiger partial charge on any atom is -0.348 e. The first-order valence-corrected chi connectivity index (χ1v) is 9.51. The largest absolute Gasteiger partial charge is 0.348 e. The van der Waals surface area contributed by atoms with E-state index in [1.54, 1.807) is 32.0 Å². The molecule has 1 amide bonds. The van der Waals surface area contributed by atoms with Gasteiger partial charge in [0.1, 0.15) is 5.82 Å². The van der Waals surface area contributed by atoms with Crippen molar-refractivity contribution in [3.05, 3.63) is 87.3 Å². The number of carbonyl (C=O) groups is 1. The Balaban J connectivity index is 1.86. The maximum atomic E-state index is 12.9. The van der Waals surface area contributed by atoms with Gasteiger partial charge in [-0.15, -0.1) is 0 Å². The summed E-state index contributed by atoms with van der Waals surface area (Å²) >= 11 is 12.3. The molecule has 0 unspecified atom stereocenters. The molecule has 1 aromatic heterocycles. The molecule has 0 saturated carbocycles. The predicted octanol–water partition coefficient (Wildman–Crippen LogP) is 5.51. The van der Waals surface area contributed by atoms with Crippen LogP contribution in [0.25, 0.3) is 17.3 Å². The SMILES string of the molecule is Cc1nc(C)c(C(=O)NC/C=C/c2ccccc2)c(-c2cc(Cl)cc(Cl)c2)n1. The van der Waals surface area contributed by atoms with E-state index in [1.165, 1.54) is 0 Å². The van der Waals surface area contributed by atoms with Crippen LogP contribution in [0.1, 0.15) is 27.4 Å². The smallest absolute Gasteiger partial charge is 0.255 e. The number of nitrogens with zero attached hydrogens (tertiary/aromatic N) is 2. The average Bonchev–Trinajstić information content (AvgIpc) is 2.64. The van der Waals surface area contributed by atoms with Crippen molar-refractivity contribution in [1.82, 2.24) is 15.3 Å². The number of nitrogens with one attached hydrogen (secondary N) is 1. The topological polar surface area (TPSA) is 54.9 Å². The number of aromatic nitrogens is 2. The fourth-order valence-corrected chi connectivity index (χ4v) is 3.41. The summed E-state index contributed by atoms with van der Waals surface area (Å²) in [4.78, 5) is 21.7. The second-order valence-electron chi connectivity index (χ2n) is 6.26.